The summed E-state index contributed by atoms with van der Waals surface area (Å²) >= 11 is 0. The summed E-state index contributed by atoms with van der Waals surface area (Å²) in [6, 6.07) is 19.6. The summed E-state index contributed by atoms with van der Waals surface area (Å²) in [5.74, 6) is 0.974. The summed E-state index contributed by atoms with van der Waals surface area (Å²) in [7, 11) is 1.52. The van der Waals surface area contributed by atoms with Crippen molar-refractivity contribution >= 4 is 23.8 Å². The molecule has 4 rings (SSSR count). The number of benzene rings is 3. The Morgan fingerprint density at radius 1 is 0.974 bits per heavy atom. The fraction of sp³-hybridized carbons (Fsp3) is 0.276. The molecule has 0 atom stereocenters. The first-order valence-electron chi connectivity index (χ1n) is 12.6. The van der Waals surface area contributed by atoms with Crippen LogP contribution in [0.25, 0.3) is 0 Å². The SMILES string of the molecule is CCOC(=O)Cc1ccc(OC)c(Oc2ccc(NC(=O)NCc3ccccc3)cc2CN2CCOC2=O)c1. The summed E-state index contributed by atoms with van der Waals surface area (Å²) in [5.41, 5.74) is 2.84. The van der Waals surface area contributed by atoms with Crippen molar-refractivity contribution in [1.82, 2.24) is 10.2 Å². The predicted octanol–water partition coefficient (Wildman–Crippen LogP) is 4.87. The molecule has 0 unspecified atom stereocenters. The minimum atomic E-state index is -0.422. The molecule has 3 aromatic rings. The Hall–Kier alpha value is -4.73. The van der Waals surface area contributed by atoms with Crippen LogP contribution in [-0.4, -0.2) is 49.9 Å². The number of ether oxygens (including phenoxy) is 4. The normalized spacial score (nSPS) is 12.5. The van der Waals surface area contributed by atoms with Gasteiger partial charge in [0.05, 0.1) is 33.2 Å². The maximum absolute atomic E-state index is 12.5. The van der Waals surface area contributed by atoms with E-state index in [9.17, 15) is 14.4 Å². The van der Waals surface area contributed by atoms with E-state index in [4.69, 9.17) is 18.9 Å². The summed E-state index contributed by atoms with van der Waals surface area (Å²) in [4.78, 5) is 38.2. The highest BCUT2D eigenvalue weighted by Gasteiger charge is 2.24. The van der Waals surface area contributed by atoms with Gasteiger partial charge in [-0.2, -0.15) is 0 Å². The number of amides is 3. The highest BCUT2D eigenvalue weighted by molar-refractivity contribution is 5.89. The first-order chi connectivity index (χ1) is 18.9. The average Bonchev–Trinajstić information content (AvgIpc) is 3.34. The van der Waals surface area contributed by atoms with Crippen LogP contribution >= 0.6 is 0 Å². The lowest BCUT2D eigenvalue weighted by Crippen LogP contribution is -2.28. The van der Waals surface area contributed by atoms with E-state index in [0.717, 1.165) is 5.56 Å². The van der Waals surface area contributed by atoms with Gasteiger partial charge in [-0.15, -0.1) is 0 Å². The summed E-state index contributed by atoms with van der Waals surface area (Å²) in [6.07, 6.45) is -0.337. The second-order valence-electron chi connectivity index (χ2n) is 8.72. The molecule has 39 heavy (non-hydrogen) atoms. The van der Waals surface area contributed by atoms with Crippen LogP contribution in [0.1, 0.15) is 23.6 Å². The molecule has 0 aromatic heterocycles. The zero-order chi connectivity index (χ0) is 27.6. The summed E-state index contributed by atoms with van der Waals surface area (Å²) in [5, 5.41) is 5.66. The Labute approximate surface area is 226 Å². The van der Waals surface area contributed by atoms with Crippen LogP contribution in [0.5, 0.6) is 17.2 Å². The predicted molar refractivity (Wildman–Crippen MR) is 144 cm³/mol. The molecule has 10 heteroatoms. The first-order valence-corrected chi connectivity index (χ1v) is 12.6. The lowest BCUT2D eigenvalue weighted by molar-refractivity contribution is -0.142. The maximum atomic E-state index is 12.5. The minimum Gasteiger partial charge on any atom is -0.493 e. The Balaban J connectivity index is 1.55. The molecule has 1 aliphatic heterocycles. The second-order valence-corrected chi connectivity index (χ2v) is 8.72. The third-order valence-corrected chi connectivity index (χ3v) is 5.92. The molecule has 0 aliphatic carbocycles. The molecule has 3 amide bonds. The van der Waals surface area contributed by atoms with Gasteiger partial charge in [-0.3, -0.25) is 4.79 Å². The summed E-state index contributed by atoms with van der Waals surface area (Å²) < 4.78 is 21.8. The van der Waals surface area contributed by atoms with Crippen molar-refractivity contribution in [2.75, 3.05) is 32.2 Å². The largest absolute Gasteiger partial charge is 0.493 e. The average molecular weight is 534 g/mol. The van der Waals surface area contributed by atoms with Crippen LogP contribution in [0.4, 0.5) is 15.3 Å². The molecular formula is C29H31N3O7. The van der Waals surface area contributed by atoms with Gasteiger partial charge in [-0.1, -0.05) is 36.4 Å². The van der Waals surface area contributed by atoms with Gasteiger partial charge in [0.25, 0.3) is 0 Å². The highest BCUT2D eigenvalue weighted by atomic mass is 16.6. The number of cyclic esters (lactones) is 1. The molecule has 204 valence electrons. The van der Waals surface area contributed by atoms with E-state index in [1.165, 1.54) is 7.11 Å². The number of nitrogens with zero attached hydrogens (tertiary/aromatic N) is 1. The van der Waals surface area contributed by atoms with Crippen LogP contribution in [0.2, 0.25) is 0 Å². The first kappa shape index (κ1) is 27.3. The zero-order valence-electron chi connectivity index (χ0n) is 21.9. The Morgan fingerprint density at radius 2 is 1.77 bits per heavy atom. The minimum absolute atomic E-state index is 0.0849. The number of carbonyl (C=O) groups excluding carboxylic acids is 3. The molecule has 1 heterocycles. The molecule has 0 saturated carbocycles. The third kappa shape index (κ3) is 7.64. The van der Waals surface area contributed by atoms with E-state index < -0.39 is 6.09 Å². The highest BCUT2D eigenvalue weighted by Crippen LogP contribution is 2.36. The lowest BCUT2D eigenvalue weighted by Gasteiger charge is -2.19. The monoisotopic (exact) mass is 533 g/mol. The van der Waals surface area contributed by atoms with Crippen molar-refractivity contribution in [3.8, 4) is 17.2 Å². The van der Waals surface area contributed by atoms with Crippen molar-refractivity contribution in [2.24, 2.45) is 0 Å². The molecule has 1 saturated heterocycles. The molecule has 3 aromatic carbocycles. The van der Waals surface area contributed by atoms with Gasteiger partial charge in [0.2, 0.25) is 0 Å². The molecule has 0 radical (unpaired) electrons. The number of hydrogen-bond acceptors (Lipinski definition) is 7. The molecule has 10 nitrogen and oxygen atoms in total. The van der Waals surface area contributed by atoms with E-state index in [0.29, 0.717) is 60.4 Å². The number of methoxy groups -OCH3 is 1. The van der Waals surface area contributed by atoms with Gasteiger partial charge >= 0.3 is 18.1 Å². The smallest absolute Gasteiger partial charge is 0.410 e. The van der Waals surface area contributed by atoms with Gasteiger partial charge in [-0.05, 0) is 48.4 Å². The van der Waals surface area contributed by atoms with Gasteiger partial charge in [0.1, 0.15) is 12.4 Å². The number of carbonyl (C=O) groups is 3. The van der Waals surface area contributed by atoms with Gasteiger partial charge in [0.15, 0.2) is 11.5 Å². The Morgan fingerprint density at radius 3 is 2.49 bits per heavy atom. The van der Waals surface area contributed by atoms with Gasteiger partial charge in [0, 0.05) is 17.8 Å². The van der Waals surface area contributed by atoms with Crippen LogP contribution < -0.4 is 20.1 Å². The van der Waals surface area contributed by atoms with Gasteiger partial charge in [-0.25, -0.2) is 9.59 Å². The van der Waals surface area contributed by atoms with Crippen molar-refractivity contribution in [1.29, 1.82) is 0 Å². The van der Waals surface area contributed by atoms with Gasteiger partial charge < -0.3 is 34.5 Å². The fourth-order valence-electron chi connectivity index (χ4n) is 4.02. The third-order valence-electron chi connectivity index (χ3n) is 5.92. The van der Waals surface area contributed by atoms with Crippen molar-refractivity contribution in [2.45, 2.75) is 26.4 Å². The Kier molecular flexibility index (Phi) is 9.23. The molecular weight excluding hydrogens is 502 g/mol. The Bertz CT molecular complexity index is 1310. The topological polar surface area (TPSA) is 115 Å². The van der Waals surface area contributed by atoms with E-state index >= 15 is 0 Å². The summed E-state index contributed by atoms with van der Waals surface area (Å²) in [6.45, 7) is 3.38. The van der Waals surface area contributed by atoms with E-state index in [-0.39, 0.29) is 25.0 Å². The lowest BCUT2D eigenvalue weighted by atomic mass is 10.1. The van der Waals surface area contributed by atoms with Crippen LogP contribution in [0, 0.1) is 0 Å². The zero-order valence-corrected chi connectivity index (χ0v) is 21.9. The number of urea groups is 1. The number of anilines is 1. The molecule has 1 aliphatic rings. The van der Waals surface area contributed by atoms with Crippen LogP contribution in [-0.2, 0) is 33.8 Å². The van der Waals surface area contributed by atoms with E-state index in [2.05, 4.69) is 10.6 Å². The number of nitrogens with one attached hydrogen (secondary N) is 2. The molecule has 2 N–H and O–H groups in total. The van der Waals surface area contributed by atoms with Crippen LogP contribution in [0.3, 0.4) is 0 Å². The molecule has 1 fully saturated rings. The second kappa shape index (κ2) is 13.2. The number of esters is 1. The van der Waals surface area contributed by atoms with Crippen molar-refractivity contribution < 1.29 is 33.3 Å². The molecule has 0 spiro atoms. The van der Waals surface area contributed by atoms with E-state index in [1.807, 2.05) is 30.3 Å². The quantitative estimate of drug-likeness (QED) is 0.338. The standard InChI is InChI=1S/C29H31N3O7/c1-3-37-27(33)16-21-9-11-25(36-2)26(15-21)39-24-12-10-23(17-22(24)19-32-13-14-38-29(32)35)31-28(34)30-18-20-7-5-4-6-8-20/h4-12,15,17H,3,13-14,16,18-19H2,1-2H3,(H2,30,31,34). The van der Waals surface area contributed by atoms with Crippen molar-refractivity contribution in [3.05, 3.63) is 83.4 Å². The number of rotatable bonds is 11. The fourth-order valence-corrected chi connectivity index (χ4v) is 4.02. The molecule has 0 bridgehead atoms. The van der Waals surface area contributed by atoms with E-state index in [1.54, 1.807) is 48.2 Å². The number of hydrogen-bond donors (Lipinski definition) is 2. The van der Waals surface area contributed by atoms with Crippen molar-refractivity contribution in [3.63, 3.8) is 0 Å². The maximum Gasteiger partial charge on any atom is 0.410 e. The van der Waals surface area contributed by atoms with Crippen LogP contribution in [0.15, 0.2) is 66.7 Å².